The minimum Gasteiger partial charge on any atom is -0.337 e. The molecule has 0 aliphatic carbocycles. The van der Waals surface area contributed by atoms with Gasteiger partial charge in [-0.15, -0.1) is 11.3 Å². The molecule has 0 bridgehead atoms. The van der Waals surface area contributed by atoms with Gasteiger partial charge in [0.25, 0.3) is 5.91 Å². The summed E-state index contributed by atoms with van der Waals surface area (Å²) in [5.41, 5.74) is 2.20. The molecule has 1 N–H and O–H groups in total. The van der Waals surface area contributed by atoms with Crippen LogP contribution >= 0.6 is 11.3 Å². The predicted octanol–water partition coefficient (Wildman–Crippen LogP) is 2.83. The topological polar surface area (TPSA) is 84.3 Å². The number of nitrogens with one attached hydrogen (secondary N) is 1. The smallest absolute Gasteiger partial charge is 0.274 e. The molecule has 1 aromatic carbocycles. The van der Waals surface area contributed by atoms with E-state index in [1.54, 1.807) is 33.2 Å². The van der Waals surface area contributed by atoms with E-state index < -0.39 is 10.0 Å². The summed E-state index contributed by atoms with van der Waals surface area (Å²) in [6.45, 7) is 2.91. The molecule has 0 unspecified atom stereocenters. The first-order valence-corrected chi connectivity index (χ1v) is 11.8. The third kappa shape index (κ3) is 4.26. The highest BCUT2D eigenvalue weighted by atomic mass is 32.2. The number of benzene rings is 1. The van der Waals surface area contributed by atoms with Crippen LogP contribution in [0.5, 0.6) is 0 Å². The lowest BCUT2D eigenvalue weighted by Gasteiger charge is -2.31. The summed E-state index contributed by atoms with van der Waals surface area (Å²) in [5, 5.41) is 6.23. The molecule has 1 aliphatic rings. The van der Waals surface area contributed by atoms with Crippen LogP contribution in [0.3, 0.4) is 0 Å². The second kappa shape index (κ2) is 8.10. The van der Waals surface area contributed by atoms with Gasteiger partial charge in [0.15, 0.2) is 5.69 Å². The number of rotatable bonds is 5. The molecule has 0 saturated carbocycles. The average molecular weight is 431 g/mol. The molecule has 9 heteroatoms. The summed E-state index contributed by atoms with van der Waals surface area (Å²) in [6.07, 6.45) is 1.16. The Bertz CT molecular complexity index is 1080. The number of carbonyl (C=O) groups is 1. The number of aryl methyl sites for hydroxylation is 1. The zero-order chi connectivity index (χ0) is 20.4. The van der Waals surface area contributed by atoms with Crippen LogP contribution in [0.2, 0.25) is 0 Å². The van der Waals surface area contributed by atoms with Crippen molar-refractivity contribution in [2.24, 2.45) is 0 Å². The molecule has 29 heavy (non-hydrogen) atoms. The quantitative estimate of drug-likeness (QED) is 0.675. The Kier molecular flexibility index (Phi) is 5.53. The first-order valence-electron chi connectivity index (χ1n) is 9.41. The summed E-state index contributed by atoms with van der Waals surface area (Å²) >= 11 is 1.20. The molecule has 1 fully saturated rings. The predicted molar refractivity (Wildman–Crippen MR) is 112 cm³/mol. The van der Waals surface area contributed by atoms with Crippen molar-refractivity contribution in [2.45, 2.75) is 30.0 Å². The number of piperidine rings is 1. The van der Waals surface area contributed by atoms with Gasteiger partial charge < -0.3 is 4.90 Å². The molecule has 3 aromatic rings. The van der Waals surface area contributed by atoms with Crippen LogP contribution in [0, 0.1) is 6.92 Å². The molecule has 0 radical (unpaired) electrons. The zero-order valence-corrected chi connectivity index (χ0v) is 17.6. The largest absolute Gasteiger partial charge is 0.337 e. The van der Waals surface area contributed by atoms with Crippen LogP contribution in [0.15, 0.2) is 58.1 Å². The summed E-state index contributed by atoms with van der Waals surface area (Å²) in [5.74, 6) is -0.123. The fourth-order valence-electron chi connectivity index (χ4n) is 3.47. The van der Waals surface area contributed by atoms with E-state index in [0.717, 1.165) is 11.4 Å². The van der Waals surface area contributed by atoms with Gasteiger partial charge in [-0.2, -0.15) is 5.10 Å². The van der Waals surface area contributed by atoms with Crippen molar-refractivity contribution in [3.63, 3.8) is 0 Å². The molecule has 0 atom stereocenters. The second-order valence-corrected chi connectivity index (χ2v) is 9.93. The number of aromatic nitrogens is 2. The number of carbonyl (C=O) groups excluding carboxylic acids is 1. The molecule has 2 aromatic heterocycles. The Morgan fingerprint density at radius 3 is 2.52 bits per heavy atom. The van der Waals surface area contributed by atoms with E-state index in [4.69, 9.17) is 0 Å². The van der Waals surface area contributed by atoms with Crippen molar-refractivity contribution < 1.29 is 13.2 Å². The molecule has 152 valence electrons. The maximum Gasteiger partial charge on any atom is 0.274 e. The fraction of sp³-hybridized carbons (Fsp3) is 0.300. The molecule has 0 spiro atoms. The van der Waals surface area contributed by atoms with Gasteiger partial charge in [0.05, 0.1) is 5.69 Å². The lowest BCUT2D eigenvalue weighted by molar-refractivity contribution is 0.0705. The fourth-order valence-corrected chi connectivity index (χ4v) is 5.78. The van der Waals surface area contributed by atoms with E-state index >= 15 is 0 Å². The maximum absolute atomic E-state index is 12.9. The number of hydrogen-bond donors (Lipinski definition) is 1. The maximum atomic E-state index is 12.9. The summed E-state index contributed by atoms with van der Waals surface area (Å²) in [4.78, 5) is 14.6. The molecular formula is C20H22N4O3S2. The minimum absolute atomic E-state index is 0.123. The highest BCUT2D eigenvalue weighted by molar-refractivity contribution is 7.91. The number of likely N-dealkylation sites (tertiary alicyclic amines) is 1. The van der Waals surface area contributed by atoms with E-state index in [1.165, 1.54) is 11.3 Å². The highest BCUT2D eigenvalue weighted by Gasteiger charge is 2.28. The normalized spacial score (nSPS) is 15.6. The van der Waals surface area contributed by atoms with Crippen LogP contribution < -0.4 is 4.72 Å². The average Bonchev–Trinajstić information content (AvgIpc) is 3.39. The van der Waals surface area contributed by atoms with Crippen molar-refractivity contribution in [1.82, 2.24) is 19.4 Å². The van der Waals surface area contributed by atoms with Crippen LogP contribution in [-0.4, -0.2) is 48.1 Å². The lowest BCUT2D eigenvalue weighted by Crippen LogP contribution is -2.46. The van der Waals surface area contributed by atoms with Gasteiger partial charge in [-0.3, -0.25) is 4.79 Å². The number of hydrogen-bond acceptors (Lipinski definition) is 5. The Morgan fingerprint density at radius 2 is 1.86 bits per heavy atom. The Morgan fingerprint density at radius 1 is 1.14 bits per heavy atom. The minimum atomic E-state index is -3.49. The molecule has 1 amide bonds. The van der Waals surface area contributed by atoms with E-state index in [0.29, 0.717) is 35.8 Å². The monoisotopic (exact) mass is 430 g/mol. The van der Waals surface area contributed by atoms with Crippen LogP contribution in [0.25, 0.3) is 5.69 Å². The second-order valence-electron chi connectivity index (χ2n) is 7.04. The third-order valence-electron chi connectivity index (χ3n) is 4.97. The first kappa shape index (κ1) is 19.8. The summed E-state index contributed by atoms with van der Waals surface area (Å²) < 4.78 is 29.6. The van der Waals surface area contributed by atoms with Crippen molar-refractivity contribution in [3.8, 4) is 5.69 Å². The number of thiophene rings is 1. The molecule has 1 saturated heterocycles. The Labute approximate surface area is 174 Å². The Balaban J connectivity index is 1.40. The highest BCUT2D eigenvalue weighted by Crippen LogP contribution is 2.20. The molecule has 4 rings (SSSR count). The van der Waals surface area contributed by atoms with Gasteiger partial charge in [0, 0.05) is 24.8 Å². The zero-order valence-electron chi connectivity index (χ0n) is 16.0. The van der Waals surface area contributed by atoms with Crippen molar-refractivity contribution >= 4 is 27.3 Å². The number of amides is 1. The van der Waals surface area contributed by atoms with E-state index in [1.807, 2.05) is 37.3 Å². The summed E-state index contributed by atoms with van der Waals surface area (Å²) in [6, 6.07) is 14.6. The summed E-state index contributed by atoms with van der Waals surface area (Å²) in [7, 11) is -3.49. The lowest BCUT2D eigenvalue weighted by atomic mass is 10.1. The molecule has 3 heterocycles. The van der Waals surface area contributed by atoms with Gasteiger partial charge in [0.1, 0.15) is 4.21 Å². The van der Waals surface area contributed by atoms with Crippen LogP contribution in [0.4, 0.5) is 0 Å². The SMILES string of the molecule is Cc1cc(C(=O)N2CCC(NS(=O)(=O)c3cccs3)CC2)nn1-c1ccccc1. The first-order chi connectivity index (χ1) is 13.9. The van der Waals surface area contributed by atoms with Gasteiger partial charge in [0.2, 0.25) is 10.0 Å². The van der Waals surface area contributed by atoms with E-state index in [-0.39, 0.29) is 11.9 Å². The van der Waals surface area contributed by atoms with E-state index in [2.05, 4.69) is 9.82 Å². The van der Waals surface area contributed by atoms with Crippen molar-refractivity contribution in [1.29, 1.82) is 0 Å². The van der Waals surface area contributed by atoms with Crippen LogP contribution in [-0.2, 0) is 10.0 Å². The molecule has 1 aliphatic heterocycles. The Hall–Kier alpha value is -2.49. The number of nitrogens with zero attached hydrogens (tertiary/aromatic N) is 3. The number of sulfonamides is 1. The third-order valence-corrected chi connectivity index (χ3v) is 7.89. The van der Waals surface area contributed by atoms with Crippen molar-refractivity contribution in [3.05, 3.63) is 65.3 Å². The van der Waals surface area contributed by atoms with Gasteiger partial charge >= 0.3 is 0 Å². The van der Waals surface area contributed by atoms with E-state index in [9.17, 15) is 13.2 Å². The van der Waals surface area contributed by atoms with Crippen molar-refractivity contribution in [2.75, 3.05) is 13.1 Å². The van der Waals surface area contributed by atoms with Crippen LogP contribution in [0.1, 0.15) is 29.0 Å². The van der Waals surface area contributed by atoms with Gasteiger partial charge in [-0.25, -0.2) is 17.8 Å². The van der Waals surface area contributed by atoms with Gasteiger partial charge in [-0.1, -0.05) is 24.3 Å². The molecular weight excluding hydrogens is 408 g/mol. The number of para-hydroxylation sites is 1. The standard InChI is InChI=1S/C20H22N4O3S2/c1-15-14-18(21-24(15)17-6-3-2-4-7-17)20(25)23-11-9-16(10-12-23)22-29(26,27)19-8-5-13-28-19/h2-8,13-14,16,22H,9-12H2,1H3. The molecule has 7 nitrogen and oxygen atoms in total. The van der Waals surface area contributed by atoms with Gasteiger partial charge in [-0.05, 0) is 49.4 Å².